The quantitative estimate of drug-likeness (QED) is 0.446. The van der Waals surface area contributed by atoms with Crippen LogP contribution in [0.4, 0.5) is 5.69 Å². The average molecular weight is 365 g/mol. The third-order valence-corrected chi connectivity index (χ3v) is 5.45. The number of carboxylic acids is 2. The molecule has 0 amide bonds. The predicted octanol–water partition coefficient (Wildman–Crippen LogP) is 4.10. The number of benzene rings is 2. The number of nitrogens with zero attached hydrogens (tertiary/aromatic N) is 1. The van der Waals surface area contributed by atoms with Crippen LogP contribution >= 0.6 is 21.6 Å². The molecule has 0 saturated carbocycles. The Kier molecular flexibility index (Phi) is 5.47. The van der Waals surface area contributed by atoms with Crippen LogP contribution in [0.3, 0.4) is 0 Å². The van der Waals surface area contributed by atoms with Crippen LogP contribution < -0.4 is 0 Å². The van der Waals surface area contributed by atoms with Crippen LogP contribution in [0.1, 0.15) is 26.3 Å². The van der Waals surface area contributed by atoms with Crippen molar-refractivity contribution in [1.82, 2.24) is 0 Å². The Bertz CT molecular complexity index is 837. The van der Waals surface area contributed by atoms with Crippen molar-refractivity contribution in [1.29, 1.82) is 0 Å². The van der Waals surface area contributed by atoms with Crippen molar-refractivity contribution in [3.05, 3.63) is 63.2 Å². The maximum Gasteiger partial charge on any atom is 0.342 e. The van der Waals surface area contributed by atoms with E-state index in [4.69, 9.17) is 10.2 Å². The van der Waals surface area contributed by atoms with E-state index in [9.17, 15) is 19.7 Å². The largest absolute Gasteiger partial charge is 0.478 e. The van der Waals surface area contributed by atoms with E-state index in [0.717, 1.165) is 6.07 Å². The van der Waals surface area contributed by atoms with Crippen LogP contribution in [0.15, 0.2) is 46.2 Å². The van der Waals surface area contributed by atoms with E-state index in [2.05, 4.69) is 0 Å². The SMILES string of the molecule is Cc1ccc(SSc2ccc([N+](=O)[O-])c(C(=O)O)c2)cc1C(=O)O. The van der Waals surface area contributed by atoms with Gasteiger partial charge in [0.1, 0.15) is 5.56 Å². The Morgan fingerprint density at radius 1 is 0.958 bits per heavy atom. The number of carboxylic acid groups (broad SMARTS) is 2. The highest BCUT2D eigenvalue weighted by Gasteiger charge is 2.20. The van der Waals surface area contributed by atoms with Crippen LogP contribution in [0.2, 0.25) is 0 Å². The monoisotopic (exact) mass is 365 g/mol. The molecule has 124 valence electrons. The Hall–Kier alpha value is -2.52. The maximum absolute atomic E-state index is 11.1. The zero-order valence-corrected chi connectivity index (χ0v) is 13.9. The molecule has 0 aromatic heterocycles. The third-order valence-electron chi connectivity index (χ3n) is 3.07. The second-order valence-corrected chi connectivity index (χ2v) is 6.97. The fourth-order valence-electron chi connectivity index (χ4n) is 1.88. The standard InChI is InChI=1S/C15H11NO6S2/c1-8-2-3-9(6-11(8)14(17)18)23-24-10-4-5-13(16(21)22)12(7-10)15(19)20/h2-7H,1H3,(H,17,18)(H,19,20). The van der Waals surface area contributed by atoms with Crippen LogP contribution in [0.5, 0.6) is 0 Å². The molecule has 0 heterocycles. The van der Waals surface area contributed by atoms with E-state index in [1.807, 2.05) is 0 Å². The predicted molar refractivity (Wildman–Crippen MR) is 89.9 cm³/mol. The number of nitro benzene ring substituents is 1. The lowest BCUT2D eigenvalue weighted by atomic mass is 10.1. The number of nitro groups is 1. The molecule has 2 rings (SSSR count). The summed E-state index contributed by atoms with van der Waals surface area (Å²) in [4.78, 5) is 33.5. The molecule has 0 saturated heterocycles. The molecule has 2 N–H and O–H groups in total. The first-order chi connectivity index (χ1) is 11.3. The summed E-state index contributed by atoms with van der Waals surface area (Å²) in [6, 6.07) is 8.79. The van der Waals surface area contributed by atoms with Gasteiger partial charge in [-0.2, -0.15) is 0 Å². The second kappa shape index (κ2) is 7.37. The zero-order valence-electron chi connectivity index (χ0n) is 12.3. The Labute approximate surface area is 144 Å². The van der Waals surface area contributed by atoms with Gasteiger partial charge < -0.3 is 10.2 Å². The van der Waals surface area contributed by atoms with Crippen LogP contribution in [-0.2, 0) is 0 Å². The average Bonchev–Trinajstić information content (AvgIpc) is 2.53. The minimum absolute atomic E-state index is 0.190. The molecule has 0 aliphatic heterocycles. The molecule has 0 atom stereocenters. The molecule has 2 aromatic carbocycles. The van der Waals surface area contributed by atoms with Crippen molar-refractivity contribution < 1.29 is 24.7 Å². The van der Waals surface area contributed by atoms with Crippen molar-refractivity contribution >= 4 is 39.2 Å². The fourth-order valence-corrected chi connectivity index (χ4v) is 3.85. The number of aryl methyl sites for hydroxylation is 1. The van der Waals surface area contributed by atoms with E-state index in [1.54, 1.807) is 19.1 Å². The lowest BCUT2D eigenvalue weighted by Crippen LogP contribution is -2.02. The molecule has 0 aliphatic rings. The molecule has 0 bridgehead atoms. The summed E-state index contributed by atoms with van der Waals surface area (Å²) in [6.07, 6.45) is 0. The first-order valence-corrected chi connectivity index (χ1v) is 8.65. The number of rotatable bonds is 6. The summed E-state index contributed by atoms with van der Waals surface area (Å²) in [7, 11) is 2.43. The minimum Gasteiger partial charge on any atom is -0.478 e. The van der Waals surface area contributed by atoms with Gasteiger partial charge >= 0.3 is 11.9 Å². The highest BCUT2D eigenvalue weighted by molar-refractivity contribution is 8.76. The third kappa shape index (κ3) is 4.06. The topological polar surface area (TPSA) is 118 Å². The number of carbonyl (C=O) groups is 2. The minimum atomic E-state index is -1.38. The smallest absolute Gasteiger partial charge is 0.342 e. The van der Waals surface area contributed by atoms with Crippen molar-refractivity contribution in [2.45, 2.75) is 16.7 Å². The van der Waals surface area contributed by atoms with Crippen LogP contribution in [0.25, 0.3) is 0 Å². The molecule has 0 unspecified atom stereocenters. The number of hydrogen-bond acceptors (Lipinski definition) is 6. The van der Waals surface area contributed by atoms with Gasteiger partial charge in [-0.15, -0.1) is 0 Å². The summed E-state index contributed by atoms with van der Waals surface area (Å²) in [6.45, 7) is 1.69. The first kappa shape index (κ1) is 17.8. The van der Waals surface area contributed by atoms with E-state index in [0.29, 0.717) is 15.4 Å². The molecule has 0 radical (unpaired) electrons. The normalized spacial score (nSPS) is 10.4. The van der Waals surface area contributed by atoms with Gasteiger partial charge in [0, 0.05) is 15.9 Å². The lowest BCUT2D eigenvalue weighted by molar-refractivity contribution is -0.385. The Morgan fingerprint density at radius 2 is 1.46 bits per heavy atom. The zero-order chi connectivity index (χ0) is 17.9. The number of hydrogen-bond donors (Lipinski definition) is 2. The maximum atomic E-state index is 11.1. The van der Waals surface area contributed by atoms with E-state index >= 15 is 0 Å². The van der Waals surface area contributed by atoms with Gasteiger partial charge in [0.25, 0.3) is 5.69 Å². The molecular formula is C15H11NO6S2. The summed E-state index contributed by atoms with van der Waals surface area (Å²) in [5.41, 5.74) is -0.0306. The Balaban J connectivity index is 2.22. The number of aromatic carboxylic acids is 2. The van der Waals surface area contributed by atoms with Crippen molar-refractivity contribution in [3.8, 4) is 0 Å². The molecular weight excluding hydrogens is 354 g/mol. The van der Waals surface area contributed by atoms with Crippen LogP contribution in [0, 0.1) is 17.0 Å². The molecule has 2 aromatic rings. The second-order valence-electron chi connectivity index (χ2n) is 4.69. The summed E-state index contributed by atoms with van der Waals surface area (Å²) >= 11 is 0. The van der Waals surface area contributed by atoms with Gasteiger partial charge in [0.2, 0.25) is 0 Å². The fraction of sp³-hybridized carbons (Fsp3) is 0.0667. The summed E-state index contributed by atoms with van der Waals surface area (Å²) in [5.74, 6) is -2.40. The van der Waals surface area contributed by atoms with E-state index < -0.39 is 22.5 Å². The Morgan fingerprint density at radius 3 is 1.96 bits per heavy atom. The molecule has 0 spiro atoms. The molecule has 7 nitrogen and oxygen atoms in total. The van der Waals surface area contributed by atoms with Crippen molar-refractivity contribution in [2.24, 2.45) is 0 Å². The van der Waals surface area contributed by atoms with Gasteiger partial charge in [-0.25, -0.2) is 9.59 Å². The highest BCUT2D eigenvalue weighted by Crippen LogP contribution is 2.39. The molecule has 0 fully saturated rings. The van der Waals surface area contributed by atoms with Gasteiger partial charge in [-0.1, -0.05) is 27.7 Å². The van der Waals surface area contributed by atoms with Crippen molar-refractivity contribution in [2.75, 3.05) is 0 Å². The van der Waals surface area contributed by atoms with Crippen molar-refractivity contribution in [3.63, 3.8) is 0 Å². The first-order valence-electron chi connectivity index (χ1n) is 6.50. The van der Waals surface area contributed by atoms with Gasteiger partial charge in [-0.05, 0) is 36.8 Å². The van der Waals surface area contributed by atoms with Gasteiger partial charge in [0.15, 0.2) is 0 Å². The molecule has 24 heavy (non-hydrogen) atoms. The van der Waals surface area contributed by atoms with Gasteiger partial charge in [-0.3, -0.25) is 10.1 Å². The lowest BCUT2D eigenvalue weighted by Gasteiger charge is -2.06. The molecule has 0 aliphatic carbocycles. The molecule has 9 heteroatoms. The van der Waals surface area contributed by atoms with E-state index in [-0.39, 0.29) is 11.1 Å². The summed E-state index contributed by atoms with van der Waals surface area (Å²) in [5, 5.41) is 29.0. The summed E-state index contributed by atoms with van der Waals surface area (Å²) < 4.78 is 0. The van der Waals surface area contributed by atoms with E-state index in [1.165, 1.54) is 39.8 Å². The highest BCUT2D eigenvalue weighted by atomic mass is 33.1. The van der Waals surface area contributed by atoms with Crippen LogP contribution in [-0.4, -0.2) is 27.1 Å². The van der Waals surface area contributed by atoms with Gasteiger partial charge in [0.05, 0.1) is 10.5 Å².